The third-order valence-electron chi connectivity index (χ3n) is 9.60. The summed E-state index contributed by atoms with van der Waals surface area (Å²) in [5, 5.41) is 1.30. The van der Waals surface area contributed by atoms with Crippen molar-refractivity contribution in [3.63, 3.8) is 0 Å². The first-order chi connectivity index (χ1) is 24.2. The number of aldehydes is 1. The molecule has 2 aromatic heterocycles. The van der Waals surface area contributed by atoms with Crippen molar-refractivity contribution in [1.29, 1.82) is 0 Å². The molecule has 0 aliphatic carbocycles. The summed E-state index contributed by atoms with van der Waals surface area (Å²) in [5.74, 6) is 5.67. The number of imide groups is 1. The van der Waals surface area contributed by atoms with E-state index in [-0.39, 0.29) is 18.1 Å². The van der Waals surface area contributed by atoms with E-state index >= 15 is 0 Å². The van der Waals surface area contributed by atoms with Crippen molar-refractivity contribution in [3.8, 4) is 23.0 Å². The number of amides is 4. The molecule has 0 bridgehead atoms. The second kappa shape index (κ2) is 13.6. The summed E-state index contributed by atoms with van der Waals surface area (Å²) >= 11 is 1.37. The molecule has 0 N–H and O–H groups in total. The molecular weight excluding hydrogens is 657 g/mol. The standard InChI is InChI=1S/C36H36N8O5S/c1-4-36(21-45)12-14-42(15-13-36)33-37-19-26(20-38-33)25-17-24(9-8-16-49-44-31(46)27-10-6-7-11-28(27)32(44)47)30-29(18-25)39-34(50-30)43-23-40(3)22-41(5-2)35(43)48/h6-7,10-11,17-21H,4-5,12-16,22-23H2,1-3H3. The summed E-state index contributed by atoms with van der Waals surface area (Å²) in [7, 11) is 1.95. The fourth-order valence-electron chi connectivity index (χ4n) is 6.50. The third kappa shape index (κ3) is 6.08. The van der Waals surface area contributed by atoms with E-state index in [4.69, 9.17) is 9.82 Å². The maximum atomic E-state index is 13.3. The van der Waals surface area contributed by atoms with E-state index < -0.39 is 11.8 Å². The van der Waals surface area contributed by atoms with Gasteiger partial charge in [0, 0.05) is 48.6 Å². The van der Waals surface area contributed by atoms with Crippen molar-refractivity contribution in [2.24, 2.45) is 5.41 Å². The molecule has 50 heavy (non-hydrogen) atoms. The Morgan fingerprint density at radius 3 is 2.32 bits per heavy atom. The molecule has 0 spiro atoms. The van der Waals surface area contributed by atoms with Gasteiger partial charge in [0.05, 0.1) is 34.7 Å². The Bertz CT molecular complexity index is 2010. The number of hydroxylamine groups is 2. The highest BCUT2D eigenvalue weighted by Gasteiger charge is 2.37. The van der Waals surface area contributed by atoms with Gasteiger partial charge in [0.25, 0.3) is 11.8 Å². The van der Waals surface area contributed by atoms with Crippen LogP contribution in [0.3, 0.4) is 0 Å². The number of anilines is 2. The minimum atomic E-state index is -0.525. The molecule has 0 saturated carbocycles. The highest BCUT2D eigenvalue weighted by molar-refractivity contribution is 7.22. The monoisotopic (exact) mass is 692 g/mol. The number of nitrogens with zero attached hydrogens (tertiary/aromatic N) is 8. The summed E-state index contributed by atoms with van der Waals surface area (Å²) in [4.78, 5) is 77.8. The van der Waals surface area contributed by atoms with Gasteiger partial charge in [-0.1, -0.05) is 42.2 Å². The number of carbonyl (C=O) groups excluding carboxylic acids is 4. The predicted octanol–water partition coefficient (Wildman–Crippen LogP) is 4.64. The third-order valence-corrected chi connectivity index (χ3v) is 10.7. The number of piperidine rings is 1. The van der Waals surface area contributed by atoms with Gasteiger partial charge in [-0.15, -0.1) is 5.06 Å². The van der Waals surface area contributed by atoms with Crippen molar-refractivity contribution < 1.29 is 24.0 Å². The van der Waals surface area contributed by atoms with E-state index in [2.05, 4.69) is 33.6 Å². The van der Waals surface area contributed by atoms with Crippen LogP contribution in [0.4, 0.5) is 15.9 Å². The summed E-state index contributed by atoms with van der Waals surface area (Å²) < 4.78 is 0.779. The first-order valence-electron chi connectivity index (χ1n) is 16.6. The summed E-state index contributed by atoms with van der Waals surface area (Å²) in [6.07, 6.45) is 7.00. The molecule has 5 heterocycles. The fraction of sp³-hybridized carbons (Fsp3) is 0.361. The van der Waals surface area contributed by atoms with Crippen LogP contribution in [0.25, 0.3) is 21.3 Å². The Kier molecular flexibility index (Phi) is 9.04. The molecule has 14 heteroatoms. The molecule has 0 unspecified atom stereocenters. The molecule has 4 aromatic rings. The van der Waals surface area contributed by atoms with Gasteiger partial charge in [-0.25, -0.2) is 24.6 Å². The van der Waals surface area contributed by atoms with Gasteiger partial charge in [0.2, 0.25) is 5.95 Å². The van der Waals surface area contributed by atoms with Gasteiger partial charge in [-0.05, 0) is 63.1 Å². The lowest BCUT2D eigenvalue weighted by Gasteiger charge is -2.38. The molecule has 7 rings (SSSR count). The molecule has 3 aliphatic heterocycles. The Hall–Kier alpha value is -5.23. The van der Waals surface area contributed by atoms with Crippen LogP contribution in [0.15, 0.2) is 48.8 Å². The van der Waals surface area contributed by atoms with Crippen LogP contribution in [0, 0.1) is 17.3 Å². The average molecular weight is 693 g/mol. The highest BCUT2D eigenvalue weighted by Crippen LogP contribution is 2.37. The fourth-order valence-corrected chi connectivity index (χ4v) is 7.50. The van der Waals surface area contributed by atoms with E-state index in [1.54, 1.807) is 46.5 Å². The molecule has 256 valence electrons. The Labute approximate surface area is 293 Å². The van der Waals surface area contributed by atoms with Crippen LogP contribution in [-0.4, -0.2) is 101 Å². The predicted molar refractivity (Wildman–Crippen MR) is 188 cm³/mol. The largest absolute Gasteiger partial charge is 0.341 e. The van der Waals surface area contributed by atoms with Gasteiger partial charge >= 0.3 is 6.03 Å². The maximum absolute atomic E-state index is 13.3. The average Bonchev–Trinajstić information content (AvgIpc) is 3.69. The summed E-state index contributed by atoms with van der Waals surface area (Å²) in [6.45, 7) is 6.72. The quantitative estimate of drug-likeness (QED) is 0.146. The number of urea groups is 1. The lowest BCUT2D eigenvalue weighted by Crippen LogP contribution is -2.56. The van der Waals surface area contributed by atoms with Crippen LogP contribution in [0.2, 0.25) is 0 Å². The minimum Gasteiger partial charge on any atom is -0.341 e. The topological polar surface area (TPSA) is 132 Å². The second-order valence-corrected chi connectivity index (χ2v) is 13.7. The number of rotatable bonds is 8. The van der Waals surface area contributed by atoms with Crippen molar-refractivity contribution in [3.05, 3.63) is 65.5 Å². The van der Waals surface area contributed by atoms with Gasteiger partial charge < -0.3 is 14.6 Å². The number of fused-ring (bicyclic) bond motifs is 2. The van der Waals surface area contributed by atoms with Crippen molar-refractivity contribution >= 4 is 56.8 Å². The Morgan fingerprint density at radius 1 is 0.980 bits per heavy atom. The molecule has 2 saturated heterocycles. The molecule has 0 atom stereocenters. The van der Waals surface area contributed by atoms with E-state index in [1.165, 1.54) is 11.3 Å². The zero-order valence-corrected chi connectivity index (χ0v) is 28.9. The summed E-state index contributed by atoms with van der Waals surface area (Å²) in [5.41, 5.74) is 3.15. The van der Waals surface area contributed by atoms with Crippen LogP contribution >= 0.6 is 11.3 Å². The highest BCUT2D eigenvalue weighted by atomic mass is 32.1. The van der Waals surface area contributed by atoms with E-state index in [9.17, 15) is 19.2 Å². The number of benzene rings is 2. The molecule has 2 aromatic carbocycles. The van der Waals surface area contributed by atoms with Crippen LogP contribution in [-0.2, 0) is 9.63 Å². The molecule has 2 fully saturated rings. The Balaban J connectivity index is 1.18. The molecular formula is C36H36N8O5S. The second-order valence-electron chi connectivity index (χ2n) is 12.7. The summed E-state index contributed by atoms with van der Waals surface area (Å²) in [6, 6.07) is 10.3. The zero-order valence-electron chi connectivity index (χ0n) is 28.1. The van der Waals surface area contributed by atoms with Crippen LogP contribution in [0.5, 0.6) is 0 Å². The molecule has 0 radical (unpaired) electrons. The molecule has 13 nitrogen and oxygen atoms in total. The van der Waals surface area contributed by atoms with Crippen molar-refractivity contribution in [2.45, 2.75) is 33.1 Å². The van der Waals surface area contributed by atoms with Crippen LogP contribution in [0.1, 0.15) is 59.4 Å². The lowest BCUT2D eigenvalue weighted by molar-refractivity contribution is -0.117. The number of hydrogen-bond acceptors (Lipinski definition) is 11. The first kappa shape index (κ1) is 33.3. The van der Waals surface area contributed by atoms with E-state index in [1.807, 2.05) is 31.0 Å². The van der Waals surface area contributed by atoms with E-state index in [0.717, 1.165) is 46.4 Å². The number of aromatic nitrogens is 3. The smallest absolute Gasteiger partial charge is 0.328 e. The minimum absolute atomic E-state index is 0.113. The normalized spacial score (nSPS) is 17.7. The number of carbonyl (C=O) groups is 4. The van der Waals surface area contributed by atoms with Gasteiger partial charge in [-0.2, -0.15) is 0 Å². The van der Waals surface area contributed by atoms with Crippen LogP contribution < -0.4 is 9.80 Å². The number of hydrogen-bond donors (Lipinski definition) is 0. The molecule has 4 amide bonds. The van der Waals surface area contributed by atoms with Crippen molar-refractivity contribution in [1.82, 2.24) is 29.8 Å². The first-order valence-corrected chi connectivity index (χ1v) is 17.4. The van der Waals surface area contributed by atoms with E-state index in [0.29, 0.717) is 66.3 Å². The van der Waals surface area contributed by atoms with Gasteiger partial charge in [0.1, 0.15) is 12.9 Å². The SMILES string of the molecule is CCN1CN(C)CN(c2nc3cc(-c4cnc(N5CCC(C=O)(CC)CC5)nc4)cc(C#CCON4C(=O)c5ccccc5C4=O)c3s2)C1=O. The lowest BCUT2D eigenvalue weighted by atomic mass is 9.78. The van der Waals surface area contributed by atoms with Crippen molar-refractivity contribution in [2.75, 3.05) is 56.4 Å². The van der Waals surface area contributed by atoms with Gasteiger partial charge in [0.15, 0.2) is 5.13 Å². The Morgan fingerprint density at radius 2 is 1.68 bits per heavy atom. The zero-order chi connectivity index (χ0) is 35.0. The maximum Gasteiger partial charge on any atom is 0.328 e. The van der Waals surface area contributed by atoms with Gasteiger partial charge in [-0.3, -0.25) is 19.4 Å². The molecule has 3 aliphatic rings. The number of thiazole rings is 1.